The van der Waals surface area contributed by atoms with E-state index in [0.717, 1.165) is 26.6 Å². The van der Waals surface area contributed by atoms with Crippen LogP contribution in [-0.2, 0) is 32.2 Å². The number of aromatic nitrogens is 15. The topological polar surface area (TPSA) is 302 Å². The number of halogens is 6. The largest absolute Gasteiger partial charge is 0.406 e. The molecule has 11 heterocycles. The molecule has 1 aromatic carbocycles. The number of nitrogen functional groups attached to an aromatic ring is 2. The first-order valence-electron chi connectivity index (χ1n) is 24.8. The van der Waals surface area contributed by atoms with Crippen molar-refractivity contribution in [2.24, 2.45) is 0 Å². The number of benzene rings is 1. The third-order valence-corrected chi connectivity index (χ3v) is 12.9. The first-order valence-corrected chi connectivity index (χ1v) is 24.8. The summed E-state index contributed by atoms with van der Waals surface area (Å²) in [4.78, 5) is 73.9. The highest BCUT2D eigenvalue weighted by molar-refractivity contribution is 5.89. The van der Waals surface area contributed by atoms with E-state index >= 15 is 0 Å². The quantitative estimate of drug-likeness (QED) is 0.130. The van der Waals surface area contributed by atoms with Crippen LogP contribution >= 0.6 is 0 Å². The van der Waals surface area contributed by atoms with Gasteiger partial charge in [-0.25, -0.2) is 49.8 Å². The average molecular weight is 1100 g/mol. The average Bonchev–Trinajstić information content (AvgIpc) is 4.26. The summed E-state index contributed by atoms with van der Waals surface area (Å²) >= 11 is 0. The number of amides is 1. The number of para-hydroxylation sites is 1. The van der Waals surface area contributed by atoms with Crippen LogP contribution in [0.25, 0.3) is 56.1 Å². The monoisotopic (exact) mass is 1100 g/mol. The van der Waals surface area contributed by atoms with Gasteiger partial charge in [0.2, 0.25) is 36.6 Å². The number of nitrogens with two attached hydrogens (primary N) is 2. The minimum atomic E-state index is -4.51. The van der Waals surface area contributed by atoms with Gasteiger partial charge in [-0.05, 0) is 12.1 Å². The molecule has 4 saturated heterocycles. The van der Waals surface area contributed by atoms with Gasteiger partial charge >= 0.3 is 12.4 Å². The van der Waals surface area contributed by atoms with Gasteiger partial charge in [-0.1, -0.05) is 17.3 Å². The van der Waals surface area contributed by atoms with E-state index in [0.29, 0.717) is 140 Å². The fourth-order valence-corrected chi connectivity index (χ4v) is 9.10. The van der Waals surface area contributed by atoms with E-state index in [1.165, 1.54) is 29.5 Å². The maximum absolute atomic E-state index is 13.7. The van der Waals surface area contributed by atoms with Gasteiger partial charge in [-0.2, -0.15) is 31.0 Å². The third-order valence-electron chi connectivity index (χ3n) is 12.9. The summed E-state index contributed by atoms with van der Waals surface area (Å²) < 4.78 is 96.3. The van der Waals surface area contributed by atoms with E-state index in [-0.39, 0.29) is 52.3 Å². The van der Waals surface area contributed by atoms with Gasteiger partial charge in [0.1, 0.15) is 18.6 Å². The smallest absolute Gasteiger partial charge is 0.378 e. The number of morpholine rings is 2. The van der Waals surface area contributed by atoms with Crippen molar-refractivity contribution in [2.75, 3.05) is 136 Å². The molecule has 0 saturated carbocycles. The van der Waals surface area contributed by atoms with Crippen LogP contribution in [0.3, 0.4) is 0 Å². The van der Waals surface area contributed by atoms with Gasteiger partial charge in [0.05, 0.1) is 43.1 Å². The molecule has 1 amide bonds. The molecular weight excluding hydrogens is 1050 g/mol. The normalized spacial score (nSPS) is 16.5. The first kappa shape index (κ1) is 53.7. The van der Waals surface area contributed by atoms with Crippen molar-refractivity contribution in [1.29, 1.82) is 0 Å². The number of hydrogen-bond donors (Lipinski definition) is 3. The van der Waals surface area contributed by atoms with Crippen LogP contribution in [-0.4, -0.2) is 209 Å². The molecule has 0 atom stereocenters. The molecule has 7 aromatic heterocycles. The fourth-order valence-electron chi connectivity index (χ4n) is 9.10. The Morgan fingerprint density at radius 3 is 1.46 bits per heavy atom. The zero-order valence-electron chi connectivity index (χ0n) is 42.0. The number of alkyl halides is 6. The molecule has 8 aromatic rings. The molecule has 12 rings (SSSR count). The molecule has 0 spiro atoms. The summed E-state index contributed by atoms with van der Waals surface area (Å²) in [5, 5.41) is 10.6. The second kappa shape index (κ2) is 23.1. The van der Waals surface area contributed by atoms with Crippen LogP contribution in [0.5, 0.6) is 0 Å². The molecule has 4 aliphatic rings. The Balaban J connectivity index is 0.000000149. The second-order valence-electron chi connectivity index (χ2n) is 18.2. The maximum Gasteiger partial charge on any atom is 0.406 e. The second-order valence-corrected chi connectivity index (χ2v) is 18.2. The molecular formula is C46H51F6N23O4. The molecule has 416 valence electrons. The number of carbonyl (C=O) groups excluding carboxylic acids is 2. The minimum absolute atomic E-state index is 0.0541. The van der Waals surface area contributed by atoms with Crippen molar-refractivity contribution < 1.29 is 45.4 Å². The van der Waals surface area contributed by atoms with Crippen molar-refractivity contribution in [3.8, 4) is 22.8 Å². The van der Waals surface area contributed by atoms with Crippen molar-refractivity contribution in [3.63, 3.8) is 0 Å². The van der Waals surface area contributed by atoms with Crippen molar-refractivity contribution in [3.05, 3.63) is 49.1 Å². The Morgan fingerprint density at radius 1 is 0.557 bits per heavy atom. The van der Waals surface area contributed by atoms with Gasteiger partial charge in [-0.15, -0.1) is 5.10 Å². The lowest BCUT2D eigenvalue weighted by Crippen LogP contribution is -2.46. The molecule has 79 heavy (non-hydrogen) atoms. The Hall–Kier alpha value is -8.72. The maximum atomic E-state index is 13.7. The number of fused-ring (bicyclic) bond motifs is 3. The number of ether oxygens (including phenoxy) is 2. The van der Waals surface area contributed by atoms with Crippen LogP contribution in [0, 0.1) is 0 Å². The standard InChI is InChI=1S/C20H23F3N10O2.C19H23F3N10O.C7H5N3O/c21-20(22,23)11-33-17-14(27-19(33)32-3-1-30(12-34)2-4-32)16(31-5-7-35-8-6-31)28-15(29-17)13-9-25-18(24)26-10-13;20-19(21,22)11-32-16-13(27-18(32)31-3-1-24-2-4-31)15(30-5-7-33-8-6-30)28-14(29-16)12-9-25-17(23)26-10-12;11-5-10-7-4-2-1-3-6(7)8-9-10/h9-10,12H,1-8,11H2,(H2,24,25,26);9-10,24H,1-8,11H2,(H2,23,25,26);1-5H. The van der Waals surface area contributed by atoms with Crippen molar-refractivity contribution in [1.82, 2.24) is 84.2 Å². The fraction of sp³-hybridized carbons (Fsp3) is 0.435. The Bertz CT molecular complexity index is 3390. The highest BCUT2D eigenvalue weighted by Gasteiger charge is 2.36. The predicted molar refractivity (Wildman–Crippen MR) is 274 cm³/mol. The van der Waals surface area contributed by atoms with Crippen molar-refractivity contribution >= 4 is 81.6 Å². The summed E-state index contributed by atoms with van der Waals surface area (Å²) in [6, 6.07) is 7.30. The molecule has 4 aliphatic heterocycles. The van der Waals surface area contributed by atoms with Gasteiger partial charge in [0.25, 0.3) is 0 Å². The molecule has 4 fully saturated rings. The summed E-state index contributed by atoms with van der Waals surface area (Å²) in [6.07, 6.45) is -1.84. The third kappa shape index (κ3) is 12.4. The van der Waals surface area contributed by atoms with Gasteiger partial charge in [0.15, 0.2) is 45.6 Å². The number of anilines is 6. The van der Waals surface area contributed by atoms with E-state index in [1.54, 1.807) is 15.9 Å². The number of nitrogens with one attached hydrogen (secondary N) is 1. The molecule has 5 N–H and O–H groups in total. The van der Waals surface area contributed by atoms with Crippen LogP contribution < -0.4 is 36.4 Å². The number of carbonyl (C=O) groups is 2. The number of imidazole rings is 2. The number of hydrogen-bond acceptors (Lipinski definition) is 23. The summed E-state index contributed by atoms with van der Waals surface area (Å²) in [5.74, 6) is 1.76. The van der Waals surface area contributed by atoms with E-state index in [4.69, 9.17) is 20.9 Å². The van der Waals surface area contributed by atoms with Crippen LogP contribution in [0.4, 0.5) is 61.8 Å². The lowest BCUT2D eigenvalue weighted by molar-refractivity contribution is -0.140. The highest BCUT2D eigenvalue weighted by Crippen LogP contribution is 2.36. The Kier molecular flexibility index (Phi) is 15.7. The Morgan fingerprint density at radius 2 is 1.01 bits per heavy atom. The highest BCUT2D eigenvalue weighted by atomic mass is 19.4. The zero-order chi connectivity index (χ0) is 55.3. The molecule has 27 nitrogen and oxygen atoms in total. The van der Waals surface area contributed by atoms with Gasteiger partial charge in [0, 0.05) is 103 Å². The number of nitrogens with zero attached hydrogens (tertiary/aromatic N) is 20. The van der Waals surface area contributed by atoms with Gasteiger partial charge in [-0.3, -0.25) is 18.7 Å². The lowest BCUT2D eigenvalue weighted by Gasteiger charge is -2.33. The minimum Gasteiger partial charge on any atom is -0.378 e. The SMILES string of the molecule is Nc1ncc(-c2nc(N3CCOCC3)c3nc(N4CCN(C=O)CC4)n(CC(F)(F)F)c3n2)cn1.Nc1ncc(-c2nc(N3CCOCC3)c3nc(N4CCNCC4)n(CC(F)(F)F)c3n2)cn1.O=Cn1nnc2ccccc21. The van der Waals surface area contributed by atoms with E-state index in [1.807, 2.05) is 32.9 Å². The van der Waals surface area contributed by atoms with E-state index in [9.17, 15) is 35.9 Å². The molecule has 0 aliphatic carbocycles. The van der Waals surface area contributed by atoms with Crippen LogP contribution in [0.1, 0.15) is 0 Å². The van der Waals surface area contributed by atoms with Gasteiger partial charge < -0.3 is 50.8 Å². The summed E-state index contributed by atoms with van der Waals surface area (Å²) in [6.45, 7) is 5.34. The van der Waals surface area contributed by atoms with E-state index in [2.05, 4.69) is 65.5 Å². The lowest BCUT2D eigenvalue weighted by atomic mass is 10.3. The first-order chi connectivity index (χ1) is 38.1. The van der Waals surface area contributed by atoms with Crippen molar-refractivity contribution in [2.45, 2.75) is 25.4 Å². The van der Waals surface area contributed by atoms with Crippen LogP contribution in [0.2, 0.25) is 0 Å². The zero-order valence-corrected chi connectivity index (χ0v) is 42.0. The molecule has 33 heteroatoms. The molecule has 0 bridgehead atoms. The number of rotatable bonds is 10. The molecule has 0 radical (unpaired) electrons. The molecule has 0 unspecified atom stereocenters. The number of piperazine rings is 2. The Labute approximate surface area is 443 Å². The summed E-state index contributed by atoms with van der Waals surface area (Å²) in [7, 11) is 0. The van der Waals surface area contributed by atoms with E-state index < -0.39 is 25.4 Å². The summed E-state index contributed by atoms with van der Waals surface area (Å²) in [5.41, 5.74) is 14.3. The van der Waals surface area contributed by atoms with Crippen LogP contribution in [0.15, 0.2) is 49.1 Å². The predicted octanol–water partition coefficient (Wildman–Crippen LogP) is 1.69.